The van der Waals surface area contributed by atoms with E-state index in [-0.39, 0.29) is 17.6 Å². The average Bonchev–Trinajstić information content (AvgIpc) is 2.61. The quantitative estimate of drug-likeness (QED) is 0.889. The number of nitrogens with one attached hydrogen (secondary N) is 1. The molecule has 5 nitrogen and oxygen atoms in total. The Bertz CT molecular complexity index is 783. The van der Waals surface area contributed by atoms with Gasteiger partial charge in [0.15, 0.2) is 0 Å². The van der Waals surface area contributed by atoms with Gasteiger partial charge in [-0.15, -0.1) is 0 Å². The van der Waals surface area contributed by atoms with Crippen LogP contribution in [0.2, 0.25) is 0 Å². The molecule has 1 atom stereocenters. The predicted molar refractivity (Wildman–Crippen MR) is 99.9 cm³/mol. The molecule has 1 aliphatic rings. The van der Waals surface area contributed by atoms with Gasteiger partial charge in [-0.3, -0.25) is 4.79 Å². The lowest BCUT2D eigenvalue weighted by Gasteiger charge is -2.38. The first kappa shape index (κ1) is 18.1. The van der Waals surface area contributed by atoms with Crippen LogP contribution in [0.1, 0.15) is 37.4 Å². The second-order valence-electron chi connectivity index (χ2n) is 7.11. The molecule has 0 bridgehead atoms. The summed E-state index contributed by atoms with van der Waals surface area (Å²) in [6, 6.07) is 13.1. The van der Waals surface area contributed by atoms with Crippen LogP contribution in [0, 0.1) is 0 Å². The Hall–Kier alpha value is -2.69. The van der Waals surface area contributed by atoms with Crippen LogP contribution in [-0.2, 0) is 11.2 Å². The number of ether oxygens (including phenoxy) is 3. The van der Waals surface area contributed by atoms with Crippen LogP contribution in [0.4, 0.5) is 0 Å². The first-order valence-corrected chi connectivity index (χ1v) is 8.69. The van der Waals surface area contributed by atoms with Gasteiger partial charge in [0.1, 0.15) is 22.8 Å². The first-order chi connectivity index (χ1) is 12.4. The third-order valence-electron chi connectivity index (χ3n) is 4.53. The van der Waals surface area contributed by atoms with E-state index in [2.05, 4.69) is 5.32 Å². The number of carbonyl (C=O) groups excluding carboxylic acids is 1. The Kier molecular flexibility index (Phi) is 5.07. The maximum atomic E-state index is 12.6. The largest absolute Gasteiger partial charge is 0.497 e. The van der Waals surface area contributed by atoms with Crippen molar-refractivity contribution in [1.82, 2.24) is 5.32 Å². The van der Waals surface area contributed by atoms with Gasteiger partial charge in [-0.1, -0.05) is 12.1 Å². The van der Waals surface area contributed by atoms with Gasteiger partial charge in [0.2, 0.25) is 5.91 Å². The van der Waals surface area contributed by atoms with Crippen molar-refractivity contribution in [3.8, 4) is 17.2 Å². The fraction of sp³-hybridized carbons (Fsp3) is 0.381. The highest BCUT2D eigenvalue weighted by atomic mass is 16.5. The Morgan fingerprint density at radius 1 is 1.12 bits per heavy atom. The highest BCUT2D eigenvalue weighted by molar-refractivity contribution is 5.79. The molecule has 3 rings (SSSR count). The Labute approximate surface area is 154 Å². The van der Waals surface area contributed by atoms with Crippen molar-refractivity contribution in [2.24, 2.45) is 0 Å². The zero-order valence-electron chi connectivity index (χ0n) is 15.7. The third kappa shape index (κ3) is 4.10. The molecule has 1 N–H and O–H groups in total. The van der Waals surface area contributed by atoms with Crippen molar-refractivity contribution >= 4 is 5.91 Å². The number of carbonyl (C=O) groups is 1. The molecule has 0 saturated carbocycles. The minimum Gasteiger partial charge on any atom is -0.497 e. The smallest absolute Gasteiger partial charge is 0.224 e. The van der Waals surface area contributed by atoms with E-state index < -0.39 is 0 Å². The summed E-state index contributed by atoms with van der Waals surface area (Å²) in [5, 5.41) is 3.15. The molecule has 0 aliphatic carbocycles. The molecule has 5 heteroatoms. The number of benzene rings is 2. The molecular formula is C21H25NO4. The van der Waals surface area contributed by atoms with Crippen molar-refractivity contribution in [2.75, 3.05) is 14.2 Å². The first-order valence-electron chi connectivity index (χ1n) is 8.69. The Balaban J connectivity index is 1.76. The van der Waals surface area contributed by atoms with E-state index in [9.17, 15) is 4.79 Å². The molecule has 0 aromatic heterocycles. The maximum Gasteiger partial charge on any atom is 0.224 e. The molecule has 1 amide bonds. The van der Waals surface area contributed by atoms with Gasteiger partial charge in [-0.25, -0.2) is 0 Å². The maximum absolute atomic E-state index is 12.6. The molecule has 138 valence electrons. The lowest BCUT2D eigenvalue weighted by Crippen LogP contribution is -2.41. The number of methoxy groups -OCH3 is 2. The standard InChI is InChI=1S/C21H25NO4/c1-21(2)13-18(17-12-16(25-4)9-10-19(17)26-21)22-20(23)11-14-5-7-15(24-3)8-6-14/h5-10,12,18H,11,13H2,1-4H3,(H,22,23)/t18-/m1/s1. The van der Waals surface area contributed by atoms with E-state index in [4.69, 9.17) is 14.2 Å². The van der Waals surface area contributed by atoms with Gasteiger partial charge in [-0.05, 0) is 49.7 Å². The molecule has 0 radical (unpaired) electrons. The summed E-state index contributed by atoms with van der Waals surface area (Å²) >= 11 is 0. The number of hydrogen-bond acceptors (Lipinski definition) is 4. The van der Waals surface area contributed by atoms with E-state index in [0.29, 0.717) is 12.8 Å². The van der Waals surface area contributed by atoms with E-state index in [1.807, 2.05) is 56.3 Å². The van der Waals surface area contributed by atoms with Crippen LogP contribution in [0.3, 0.4) is 0 Å². The summed E-state index contributed by atoms with van der Waals surface area (Å²) < 4.78 is 16.5. The lowest BCUT2D eigenvalue weighted by atomic mass is 9.89. The van der Waals surface area contributed by atoms with Crippen LogP contribution in [0.25, 0.3) is 0 Å². The van der Waals surface area contributed by atoms with Gasteiger partial charge < -0.3 is 19.5 Å². The molecule has 0 spiro atoms. The zero-order chi connectivity index (χ0) is 18.7. The van der Waals surface area contributed by atoms with E-state index in [1.54, 1.807) is 14.2 Å². The predicted octanol–water partition coefficient (Wildman–Crippen LogP) is 3.66. The van der Waals surface area contributed by atoms with Gasteiger partial charge in [0, 0.05) is 12.0 Å². The molecule has 1 heterocycles. The van der Waals surface area contributed by atoms with Crippen molar-refractivity contribution in [3.63, 3.8) is 0 Å². The van der Waals surface area contributed by atoms with Crippen LogP contribution in [-0.4, -0.2) is 25.7 Å². The van der Waals surface area contributed by atoms with Crippen molar-refractivity contribution in [2.45, 2.75) is 38.3 Å². The average molecular weight is 355 g/mol. The van der Waals surface area contributed by atoms with Crippen molar-refractivity contribution < 1.29 is 19.0 Å². The van der Waals surface area contributed by atoms with Crippen molar-refractivity contribution in [1.29, 1.82) is 0 Å². The minimum absolute atomic E-state index is 0.0216. The van der Waals surface area contributed by atoms with Crippen LogP contribution >= 0.6 is 0 Å². The molecule has 0 saturated heterocycles. The third-order valence-corrected chi connectivity index (χ3v) is 4.53. The molecule has 2 aromatic carbocycles. The van der Waals surface area contributed by atoms with Crippen LogP contribution < -0.4 is 19.5 Å². The highest BCUT2D eigenvalue weighted by Gasteiger charge is 2.34. The van der Waals surface area contributed by atoms with Gasteiger partial charge in [-0.2, -0.15) is 0 Å². The summed E-state index contributed by atoms with van der Waals surface area (Å²) in [5.74, 6) is 2.30. The number of hydrogen-bond donors (Lipinski definition) is 1. The number of amides is 1. The number of fused-ring (bicyclic) bond motifs is 1. The van der Waals surface area contributed by atoms with E-state index >= 15 is 0 Å². The normalized spacial score (nSPS) is 17.6. The van der Waals surface area contributed by atoms with Gasteiger partial charge in [0.05, 0.1) is 26.7 Å². The van der Waals surface area contributed by atoms with Crippen molar-refractivity contribution in [3.05, 3.63) is 53.6 Å². The molecule has 26 heavy (non-hydrogen) atoms. The molecular weight excluding hydrogens is 330 g/mol. The summed E-state index contributed by atoms with van der Waals surface area (Å²) in [6.45, 7) is 4.06. The number of rotatable bonds is 5. The van der Waals surface area contributed by atoms with E-state index in [0.717, 1.165) is 28.4 Å². The fourth-order valence-corrected chi connectivity index (χ4v) is 3.26. The Morgan fingerprint density at radius 2 is 1.77 bits per heavy atom. The SMILES string of the molecule is COc1ccc(CC(=O)N[C@@H]2CC(C)(C)Oc3ccc(OC)cc32)cc1. The van der Waals surface area contributed by atoms with Gasteiger partial charge in [0.25, 0.3) is 0 Å². The molecule has 0 unspecified atom stereocenters. The van der Waals surface area contributed by atoms with Gasteiger partial charge >= 0.3 is 0 Å². The second-order valence-corrected chi connectivity index (χ2v) is 7.11. The minimum atomic E-state index is -0.348. The highest BCUT2D eigenvalue weighted by Crippen LogP contribution is 2.41. The fourth-order valence-electron chi connectivity index (χ4n) is 3.26. The molecule has 1 aliphatic heterocycles. The zero-order valence-corrected chi connectivity index (χ0v) is 15.7. The lowest BCUT2D eigenvalue weighted by molar-refractivity contribution is -0.121. The summed E-state index contributed by atoms with van der Waals surface area (Å²) in [7, 11) is 3.26. The summed E-state index contributed by atoms with van der Waals surface area (Å²) in [4.78, 5) is 12.6. The second kappa shape index (κ2) is 7.28. The van der Waals surface area contributed by atoms with Crippen LogP contribution in [0.5, 0.6) is 17.2 Å². The molecule has 0 fully saturated rings. The monoisotopic (exact) mass is 355 g/mol. The van der Waals surface area contributed by atoms with Crippen LogP contribution in [0.15, 0.2) is 42.5 Å². The molecule has 2 aromatic rings. The summed E-state index contributed by atoms with van der Waals surface area (Å²) in [6.07, 6.45) is 1.02. The topological polar surface area (TPSA) is 56.8 Å². The Morgan fingerprint density at radius 3 is 2.42 bits per heavy atom. The summed E-state index contributed by atoms with van der Waals surface area (Å²) in [5.41, 5.74) is 1.55. The van der Waals surface area contributed by atoms with E-state index in [1.165, 1.54) is 0 Å².